The minimum atomic E-state index is -0.470. The summed E-state index contributed by atoms with van der Waals surface area (Å²) < 4.78 is 5.53. The Morgan fingerprint density at radius 2 is 1.90 bits per heavy atom. The van der Waals surface area contributed by atoms with Crippen molar-refractivity contribution in [1.29, 1.82) is 0 Å². The van der Waals surface area contributed by atoms with Gasteiger partial charge < -0.3 is 10.5 Å². The zero-order chi connectivity index (χ0) is 14.5. The SMILES string of the molecule is NCc1ccc(OCc2c(Cl)cccc2[N+](=O)[O-])cc1. The van der Waals surface area contributed by atoms with Crippen molar-refractivity contribution >= 4 is 17.3 Å². The Bertz CT molecular complexity index is 614. The second-order valence-corrected chi connectivity index (χ2v) is 4.54. The molecule has 104 valence electrons. The highest BCUT2D eigenvalue weighted by atomic mass is 35.5. The summed E-state index contributed by atoms with van der Waals surface area (Å²) in [6.45, 7) is 0.494. The average molecular weight is 293 g/mol. The average Bonchev–Trinajstić information content (AvgIpc) is 2.46. The van der Waals surface area contributed by atoms with Gasteiger partial charge >= 0.3 is 0 Å². The summed E-state index contributed by atoms with van der Waals surface area (Å²) in [5, 5.41) is 11.3. The molecular weight excluding hydrogens is 280 g/mol. The maximum absolute atomic E-state index is 10.9. The Hall–Kier alpha value is -2.11. The van der Waals surface area contributed by atoms with Crippen molar-refractivity contribution in [2.45, 2.75) is 13.2 Å². The van der Waals surface area contributed by atoms with Crippen molar-refractivity contribution in [1.82, 2.24) is 0 Å². The Morgan fingerprint density at radius 1 is 1.20 bits per heavy atom. The van der Waals surface area contributed by atoms with Gasteiger partial charge in [-0.2, -0.15) is 0 Å². The second-order valence-electron chi connectivity index (χ2n) is 4.13. The Balaban J connectivity index is 2.16. The van der Waals surface area contributed by atoms with E-state index in [0.717, 1.165) is 5.56 Å². The van der Waals surface area contributed by atoms with Gasteiger partial charge in [0.05, 0.1) is 15.5 Å². The summed E-state index contributed by atoms with van der Waals surface area (Å²) in [4.78, 5) is 10.5. The molecule has 2 aromatic carbocycles. The summed E-state index contributed by atoms with van der Waals surface area (Å²) in [6.07, 6.45) is 0. The van der Waals surface area contributed by atoms with Crippen molar-refractivity contribution in [3.8, 4) is 5.75 Å². The molecule has 5 nitrogen and oxygen atoms in total. The van der Waals surface area contributed by atoms with Crippen LogP contribution in [0.15, 0.2) is 42.5 Å². The summed E-state index contributed by atoms with van der Waals surface area (Å²) in [7, 11) is 0. The van der Waals surface area contributed by atoms with Crippen LogP contribution < -0.4 is 10.5 Å². The maximum atomic E-state index is 10.9. The van der Waals surface area contributed by atoms with Crippen molar-refractivity contribution in [3.63, 3.8) is 0 Å². The predicted molar refractivity (Wildman–Crippen MR) is 76.8 cm³/mol. The van der Waals surface area contributed by atoms with Gasteiger partial charge in [-0.15, -0.1) is 0 Å². The third kappa shape index (κ3) is 3.26. The number of nitro groups is 1. The molecule has 0 unspecified atom stereocenters. The van der Waals surface area contributed by atoms with Gasteiger partial charge in [-0.1, -0.05) is 29.8 Å². The smallest absolute Gasteiger partial charge is 0.277 e. The van der Waals surface area contributed by atoms with Crippen LogP contribution in [-0.4, -0.2) is 4.92 Å². The Labute approximate surface area is 121 Å². The molecule has 2 rings (SSSR count). The van der Waals surface area contributed by atoms with Gasteiger partial charge in [0.1, 0.15) is 12.4 Å². The first-order chi connectivity index (χ1) is 9.61. The highest BCUT2D eigenvalue weighted by molar-refractivity contribution is 6.31. The number of nitrogens with zero attached hydrogens (tertiary/aromatic N) is 1. The van der Waals surface area contributed by atoms with E-state index in [1.807, 2.05) is 12.1 Å². The lowest BCUT2D eigenvalue weighted by molar-refractivity contribution is -0.385. The molecule has 0 aliphatic rings. The monoisotopic (exact) mass is 292 g/mol. The summed E-state index contributed by atoms with van der Waals surface area (Å²) in [6, 6.07) is 11.8. The van der Waals surface area contributed by atoms with Gasteiger partial charge in [0.2, 0.25) is 0 Å². The highest BCUT2D eigenvalue weighted by Crippen LogP contribution is 2.27. The minimum absolute atomic E-state index is 0.0396. The van der Waals surface area contributed by atoms with E-state index in [1.165, 1.54) is 6.07 Å². The molecule has 20 heavy (non-hydrogen) atoms. The number of nitrogens with two attached hydrogens (primary N) is 1. The van der Waals surface area contributed by atoms with Gasteiger partial charge in [-0.25, -0.2) is 0 Å². The quantitative estimate of drug-likeness (QED) is 0.677. The number of ether oxygens (including phenoxy) is 1. The van der Waals surface area contributed by atoms with E-state index in [1.54, 1.807) is 24.3 Å². The summed E-state index contributed by atoms with van der Waals surface area (Å²) in [5.74, 6) is 0.608. The van der Waals surface area contributed by atoms with Crippen LogP contribution in [-0.2, 0) is 13.2 Å². The van der Waals surface area contributed by atoms with Crippen LogP contribution in [0.2, 0.25) is 5.02 Å². The van der Waals surface area contributed by atoms with Crippen molar-refractivity contribution in [3.05, 3.63) is 68.7 Å². The molecule has 2 aromatic rings. The van der Waals surface area contributed by atoms with Gasteiger partial charge in [-0.3, -0.25) is 10.1 Å². The standard InChI is InChI=1S/C14H13ClN2O3/c15-13-2-1-3-14(17(18)19)12(13)9-20-11-6-4-10(8-16)5-7-11/h1-7H,8-9,16H2. The summed E-state index contributed by atoms with van der Waals surface area (Å²) in [5.41, 5.74) is 6.81. The van der Waals surface area contributed by atoms with E-state index in [9.17, 15) is 10.1 Å². The number of rotatable bonds is 5. The van der Waals surface area contributed by atoms with E-state index in [4.69, 9.17) is 22.1 Å². The molecule has 0 spiro atoms. The van der Waals surface area contributed by atoms with Gasteiger partial charge in [-0.05, 0) is 23.8 Å². The minimum Gasteiger partial charge on any atom is -0.489 e. The molecule has 0 radical (unpaired) electrons. The lowest BCUT2D eigenvalue weighted by Crippen LogP contribution is -2.02. The second kappa shape index (κ2) is 6.36. The fourth-order valence-electron chi connectivity index (χ4n) is 1.74. The largest absolute Gasteiger partial charge is 0.489 e. The topological polar surface area (TPSA) is 78.4 Å². The molecule has 2 N–H and O–H groups in total. The van der Waals surface area contributed by atoms with Crippen LogP contribution in [0.3, 0.4) is 0 Å². The van der Waals surface area contributed by atoms with Crippen molar-refractivity contribution < 1.29 is 9.66 Å². The van der Waals surface area contributed by atoms with Crippen LogP contribution in [0.25, 0.3) is 0 Å². The Kier molecular flexibility index (Phi) is 4.55. The maximum Gasteiger partial charge on any atom is 0.277 e. The number of nitro benzene ring substituents is 1. The van der Waals surface area contributed by atoms with Gasteiger partial charge in [0.25, 0.3) is 5.69 Å². The number of hydrogen-bond acceptors (Lipinski definition) is 4. The van der Waals surface area contributed by atoms with Crippen LogP contribution in [0.1, 0.15) is 11.1 Å². The van der Waals surface area contributed by atoms with E-state index >= 15 is 0 Å². The lowest BCUT2D eigenvalue weighted by atomic mass is 10.2. The third-order valence-corrected chi connectivity index (χ3v) is 3.19. The molecule has 6 heteroatoms. The highest BCUT2D eigenvalue weighted by Gasteiger charge is 2.16. The van der Waals surface area contributed by atoms with E-state index < -0.39 is 4.92 Å². The van der Waals surface area contributed by atoms with Gasteiger partial charge in [0, 0.05) is 12.6 Å². The van der Waals surface area contributed by atoms with E-state index in [2.05, 4.69) is 0 Å². The zero-order valence-corrected chi connectivity index (χ0v) is 11.3. The molecule has 0 saturated carbocycles. The number of benzene rings is 2. The molecule has 0 heterocycles. The van der Waals surface area contributed by atoms with E-state index in [0.29, 0.717) is 22.9 Å². The molecular formula is C14H13ClN2O3. The van der Waals surface area contributed by atoms with Gasteiger partial charge in [0.15, 0.2) is 0 Å². The third-order valence-electron chi connectivity index (χ3n) is 2.83. The molecule has 0 fully saturated rings. The van der Waals surface area contributed by atoms with E-state index in [-0.39, 0.29) is 12.3 Å². The fourth-order valence-corrected chi connectivity index (χ4v) is 1.96. The summed E-state index contributed by atoms with van der Waals surface area (Å²) >= 11 is 5.99. The lowest BCUT2D eigenvalue weighted by Gasteiger charge is -2.08. The fraction of sp³-hybridized carbons (Fsp3) is 0.143. The zero-order valence-electron chi connectivity index (χ0n) is 10.6. The normalized spacial score (nSPS) is 10.3. The molecule has 0 bridgehead atoms. The predicted octanol–water partition coefficient (Wildman–Crippen LogP) is 3.29. The van der Waals surface area contributed by atoms with Crippen molar-refractivity contribution in [2.24, 2.45) is 5.73 Å². The van der Waals surface area contributed by atoms with Crippen LogP contribution >= 0.6 is 11.6 Å². The van der Waals surface area contributed by atoms with Crippen molar-refractivity contribution in [2.75, 3.05) is 0 Å². The van der Waals surface area contributed by atoms with Crippen LogP contribution in [0.5, 0.6) is 5.75 Å². The molecule has 0 amide bonds. The molecule has 0 aliphatic heterocycles. The number of hydrogen-bond donors (Lipinski definition) is 1. The molecule has 0 atom stereocenters. The first-order valence-corrected chi connectivity index (χ1v) is 6.33. The molecule has 0 saturated heterocycles. The molecule has 0 aromatic heterocycles. The Morgan fingerprint density at radius 3 is 2.50 bits per heavy atom. The molecule has 0 aliphatic carbocycles. The first kappa shape index (κ1) is 14.3. The van der Waals surface area contributed by atoms with Crippen LogP contribution in [0, 0.1) is 10.1 Å². The number of halogens is 1. The van der Waals surface area contributed by atoms with Crippen LogP contribution in [0.4, 0.5) is 5.69 Å². The first-order valence-electron chi connectivity index (χ1n) is 5.95.